The molecule has 0 unspecified atom stereocenters. The molecule has 1 heterocycles. The Morgan fingerprint density at radius 1 is 1.10 bits per heavy atom. The number of hydrogen-bond donors (Lipinski definition) is 1. The second-order valence-electron chi connectivity index (χ2n) is 4.50. The van der Waals surface area contributed by atoms with Gasteiger partial charge in [-0.25, -0.2) is 0 Å². The third-order valence-corrected chi connectivity index (χ3v) is 3.95. The van der Waals surface area contributed by atoms with E-state index in [0.29, 0.717) is 6.54 Å². The van der Waals surface area contributed by atoms with Gasteiger partial charge in [-0.1, -0.05) is 39.7 Å². The highest BCUT2D eigenvalue weighted by Gasteiger charge is 2.02. The molecule has 100 valence electrons. The molecule has 4 heteroatoms. The van der Waals surface area contributed by atoms with Gasteiger partial charge >= 0.3 is 0 Å². The van der Waals surface area contributed by atoms with Crippen molar-refractivity contribution >= 4 is 44.1 Å². The molecule has 0 bridgehead atoms. The molecular formula is C16H12BrClN2. The third kappa shape index (κ3) is 2.94. The molecule has 1 N–H and O–H groups in total. The molecule has 1 aromatic heterocycles. The summed E-state index contributed by atoms with van der Waals surface area (Å²) in [5.74, 6) is 0. The summed E-state index contributed by atoms with van der Waals surface area (Å²) in [4.78, 5) is 4.31. The van der Waals surface area contributed by atoms with Crippen molar-refractivity contribution in [3.63, 3.8) is 0 Å². The van der Waals surface area contributed by atoms with Crippen LogP contribution in [-0.2, 0) is 6.54 Å². The predicted octanol–water partition coefficient (Wildman–Crippen LogP) is 5.26. The average Bonchev–Trinajstić information content (AvgIpc) is 2.46. The van der Waals surface area contributed by atoms with Crippen LogP contribution in [0.5, 0.6) is 0 Å². The fourth-order valence-electron chi connectivity index (χ4n) is 2.05. The van der Waals surface area contributed by atoms with Gasteiger partial charge in [0.2, 0.25) is 0 Å². The number of halogens is 2. The first kappa shape index (κ1) is 13.4. The Labute approximate surface area is 130 Å². The zero-order valence-electron chi connectivity index (χ0n) is 10.6. The largest absolute Gasteiger partial charge is 0.381 e. The van der Waals surface area contributed by atoms with Crippen LogP contribution in [0.15, 0.2) is 59.2 Å². The highest BCUT2D eigenvalue weighted by atomic mass is 79.9. The van der Waals surface area contributed by atoms with Crippen LogP contribution in [0.1, 0.15) is 5.56 Å². The van der Waals surface area contributed by atoms with E-state index in [1.165, 1.54) is 0 Å². The summed E-state index contributed by atoms with van der Waals surface area (Å²) in [6, 6.07) is 16.0. The Kier molecular flexibility index (Phi) is 3.90. The fourth-order valence-corrected chi connectivity index (χ4v) is 2.79. The quantitative estimate of drug-likeness (QED) is 0.699. The number of pyridine rings is 1. The number of rotatable bonds is 3. The fraction of sp³-hybridized carbons (Fsp3) is 0.0625. The van der Waals surface area contributed by atoms with E-state index >= 15 is 0 Å². The highest BCUT2D eigenvalue weighted by molar-refractivity contribution is 9.10. The van der Waals surface area contributed by atoms with Crippen LogP contribution in [0, 0.1) is 0 Å². The highest BCUT2D eigenvalue weighted by Crippen LogP contribution is 2.23. The van der Waals surface area contributed by atoms with Crippen LogP contribution in [0.4, 0.5) is 5.69 Å². The lowest BCUT2D eigenvalue weighted by Gasteiger charge is -2.09. The number of hydrogen-bond acceptors (Lipinski definition) is 2. The number of nitrogens with one attached hydrogen (secondary N) is 1. The SMILES string of the molecule is Clc1cc(Br)ccc1CNc1ccc2ncccc2c1. The zero-order valence-corrected chi connectivity index (χ0v) is 12.9. The molecule has 0 saturated carbocycles. The van der Waals surface area contributed by atoms with E-state index in [9.17, 15) is 0 Å². The molecule has 0 fully saturated rings. The number of aromatic nitrogens is 1. The van der Waals surface area contributed by atoms with Gasteiger partial charge in [-0.15, -0.1) is 0 Å². The molecule has 0 aliphatic heterocycles. The van der Waals surface area contributed by atoms with Crippen LogP contribution in [-0.4, -0.2) is 4.98 Å². The van der Waals surface area contributed by atoms with E-state index in [0.717, 1.165) is 31.6 Å². The van der Waals surface area contributed by atoms with Crippen molar-refractivity contribution in [2.75, 3.05) is 5.32 Å². The number of fused-ring (bicyclic) bond motifs is 1. The van der Waals surface area contributed by atoms with Crippen molar-refractivity contribution in [2.24, 2.45) is 0 Å². The second kappa shape index (κ2) is 5.81. The first-order chi connectivity index (χ1) is 9.72. The summed E-state index contributed by atoms with van der Waals surface area (Å²) in [5.41, 5.74) is 3.13. The zero-order chi connectivity index (χ0) is 13.9. The molecule has 0 atom stereocenters. The van der Waals surface area contributed by atoms with Gasteiger partial charge in [0.05, 0.1) is 5.52 Å². The van der Waals surface area contributed by atoms with Crippen molar-refractivity contribution in [3.05, 3.63) is 69.8 Å². The molecule has 2 aromatic carbocycles. The van der Waals surface area contributed by atoms with Gasteiger partial charge in [0.25, 0.3) is 0 Å². The van der Waals surface area contributed by atoms with Crippen LogP contribution in [0.3, 0.4) is 0 Å². The van der Waals surface area contributed by atoms with Crippen molar-refractivity contribution in [2.45, 2.75) is 6.54 Å². The van der Waals surface area contributed by atoms with Gasteiger partial charge < -0.3 is 5.32 Å². The van der Waals surface area contributed by atoms with Gasteiger partial charge in [0, 0.05) is 33.3 Å². The van der Waals surface area contributed by atoms with E-state index in [-0.39, 0.29) is 0 Å². The second-order valence-corrected chi connectivity index (χ2v) is 5.82. The van der Waals surface area contributed by atoms with E-state index < -0.39 is 0 Å². The number of benzene rings is 2. The maximum atomic E-state index is 6.21. The summed E-state index contributed by atoms with van der Waals surface area (Å²) in [6.45, 7) is 0.692. The Morgan fingerprint density at radius 3 is 2.85 bits per heavy atom. The summed E-state index contributed by atoms with van der Waals surface area (Å²) in [7, 11) is 0. The van der Waals surface area contributed by atoms with Crippen LogP contribution >= 0.6 is 27.5 Å². The minimum Gasteiger partial charge on any atom is -0.381 e. The molecule has 20 heavy (non-hydrogen) atoms. The molecule has 0 saturated heterocycles. The lowest BCUT2D eigenvalue weighted by atomic mass is 10.2. The standard InChI is InChI=1S/C16H12BrClN2/c17-13-4-3-12(15(18)9-13)10-20-14-5-6-16-11(8-14)2-1-7-19-16/h1-9,20H,10H2. The topological polar surface area (TPSA) is 24.9 Å². The Morgan fingerprint density at radius 2 is 2.00 bits per heavy atom. The first-order valence-corrected chi connectivity index (χ1v) is 7.42. The number of nitrogens with zero attached hydrogens (tertiary/aromatic N) is 1. The minimum atomic E-state index is 0.692. The Hall–Kier alpha value is -1.58. The van der Waals surface area contributed by atoms with Gasteiger partial charge in [-0.2, -0.15) is 0 Å². The predicted molar refractivity (Wildman–Crippen MR) is 88.2 cm³/mol. The molecule has 0 aliphatic carbocycles. The lowest BCUT2D eigenvalue weighted by molar-refractivity contribution is 1.15. The van der Waals surface area contributed by atoms with E-state index in [1.807, 2.05) is 36.4 Å². The average molecular weight is 348 g/mol. The van der Waals surface area contributed by atoms with Gasteiger partial charge in [0.1, 0.15) is 0 Å². The Balaban J connectivity index is 1.79. The smallest absolute Gasteiger partial charge is 0.0703 e. The summed E-state index contributed by atoms with van der Waals surface area (Å²) in [6.07, 6.45) is 1.80. The molecular weight excluding hydrogens is 336 g/mol. The van der Waals surface area contributed by atoms with E-state index in [1.54, 1.807) is 6.20 Å². The maximum absolute atomic E-state index is 6.21. The normalized spacial score (nSPS) is 10.7. The van der Waals surface area contributed by atoms with Crippen molar-refractivity contribution < 1.29 is 0 Å². The number of anilines is 1. The van der Waals surface area contributed by atoms with Crippen molar-refractivity contribution in [3.8, 4) is 0 Å². The van der Waals surface area contributed by atoms with Crippen LogP contribution in [0.2, 0.25) is 5.02 Å². The van der Waals surface area contributed by atoms with Crippen molar-refractivity contribution in [1.82, 2.24) is 4.98 Å². The van der Waals surface area contributed by atoms with Crippen molar-refractivity contribution in [1.29, 1.82) is 0 Å². The molecule has 0 amide bonds. The maximum Gasteiger partial charge on any atom is 0.0703 e. The van der Waals surface area contributed by atoms with Gasteiger partial charge in [-0.05, 0) is 42.0 Å². The molecule has 0 aliphatic rings. The monoisotopic (exact) mass is 346 g/mol. The molecule has 0 spiro atoms. The first-order valence-electron chi connectivity index (χ1n) is 6.25. The third-order valence-electron chi connectivity index (χ3n) is 3.10. The van der Waals surface area contributed by atoms with E-state index in [2.05, 4.69) is 38.4 Å². The van der Waals surface area contributed by atoms with Gasteiger partial charge in [0.15, 0.2) is 0 Å². The summed E-state index contributed by atoms with van der Waals surface area (Å²) >= 11 is 9.62. The van der Waals surface area contributed by atoms with Crippen LogP contribution in [0.25, 0.3) is 10.9 Å². The van der Waals surface area contributed by atoms with Crippen LogP contribution < -0.4 is 5.32 Å². The Bertz CT molecular complexity index is 758. The van der Waals surface area contributed by atoms with E-state index in [4.69, 9.17) is 11.6 Å². The van der Waals surface area contributed by atoms with Gasteiger partial charge in [-0.3, -0.25) is 4.98 Å². The summed E-state index contributed by atoms with van der Waals surface area (Å²) in [5, 5.41) is 5.27. The molecule has 3 rings (SSSR count). The lowest BCUT2D eigenvalue weighted by Crippen LogP contribution is -2.00. The summed E-state index contributed by atoms with van der Waals surface area (Å²) < 4.78 is 0.989. The molecule has 3 aromatic rings. The minimum absolute atomic E-state index is 0.692. The molecule has 0 radical (unpaired) electrons. The molecule has 2 nitrogen and oxygen atoms in total.